The molecular formula is C18H16ClN3OS. The number of hydrogen-bond acceptors (Lipinski definition) is 3. The topological polar surface area (TPSA) is 46.9 Å². The lowest BCUT2D eigenvalue weighted by Gasteiger charge is -2.16. The van der Waals surface area contributed by atoms with Crippen LogP contribution in [0.25, 0.3) is 6.08 Å². The molecule has 0 saturated carbocycles. The molecule has 122 valence electrons. The molecule has 0 bridgehead atoms. The second-order valence-corrected chi connectivity index (χ2v) is 6.50. The number of thiophene rings is 1. The Morgan fingerprint density at radius 3 is 2.88 bits per heavy atom. The molecule has 0 fully saturated rings. The smallest absolute Gasteiger partial charge is 0.244 e. The van der Waals surface area contributed by atoms with Gasteiger partial charge in [0, 0.05) is 34.9 Å². The van der Waals surface area contributed by atoms with E-state index in [1.54, 1.807) is 29.7 Å². The average Bonchev–Trinajstić information content (AvgIpc) is 3.28. The maximum Gasteiger partial charge on any atom is 0.244 e. The van der Waals surface area contributed by atoms with Crippen LogP contribution in [0.1, 0.15) is 16.5 Å². The quantitative estimate of drug-likeness (QED) is 0.677. The van der Waals surface area contributed by atoms with Crippen molar-refractivity contribution in [2.75, 3.05) is 6.54 Å². The molecule has 0 radical (unpaired) electrons. The fourth-order valence-corrected chi connectivity index (χ4v) is 3.32. The van der Waals surface area contributed by atoms with E-state index in [1.807, 2.05) is 52.7 Å². The minimum Gasteiger partial charge on any atom is -0.350 e. The fraction of sp³-hybridized carbons (Fsp3) is 0.111. The van der Waals surface area contributed by atoms with Crippen molar-refractivity contribution in [1.82, 2.24) is 15.1 Å². The van der Waals surface area contributed by atoms with Gasteiger partial charge in [-0.05, 0) is 35.2 Å². The molecule has 2 aromatic heterocycles. The Hall–Kier alpha value is -2.37. The first-order chi connectivity index (χ1) is 11.7. The summed E-state index contributed by atoms with van der Waals surface area (Å²) in [6.45, 7) is 0.466. The van der Waals surface area contributed by atoms with Crippen LogP contribution in [0, 0.1) is 0 Å². The van der Waals surface area contributed by atoms with Gasteiger partial charge in [0.25, 0.3) is 0 Å². The Kier molecular flexibility index (Phi) is 5.46. The average molecular weight is 358 g/mol. The molecule has 1 N–H and O–H groups in total. The van der Waals surface area contributed by atoms with Gasteiger partial charge in [0.05, 0.1) is 0 Å². The molecule has 24 heavy (non-hydrogen) atoms. The number of benzene rings is 1. The summed E-state index contributed by atoms with van der Waals surface area (Å²) in [7, 11) is 0. The molecule has 1 atom stereocenters. The molecule has 6 heteroatoms. The summed E-state index contributed by atoms with van der Waals surface area (Å²) in [4.78, 5) is 13.3. The van der Waals surface area contributed by atoms with Crippen LogP contribution in [0.5, 0.6) is 0 Å². The van der Waals surface area contributed by atoms with E-state index in [1.165, 1.54) is 6.08 Å². The molecule has 3 aromatic rings. The monoisotopic (exact) mass is 357 g/mol. The standard InChI is InChI=1S/C18H16ClN3OS/c19-15-6-2-1-5-14(15)8-9-18(23)20-13-16(17-7-3-12-24-17)22-11-4-10-21-22/h1-12,16H,13H2,(H,20,23)/b9-8+. The highest BCUT2D eigenvalue weighted by Gasteiger charge is 2.15. The molecule has 3 rings (SSSR count). The summed E-state index contributed by atoms with van der Waals surface area (Å²) in [6, 6.07) is 13.3. The highest BCUT2D eigenvalue weighted by molar-refractivity contribution is 7.10. The van der Waals surface area contributed by atoms with Crippen molar-refractivity contribution in [3.8, 4) is 0 Å². The highest BCUT2D eigenvalue weighted by atomic mass is 35.5. The number of amides is 1. The summed E-state index contributed by atoms with van der Waals surface area (Å²) >= 11 is 7.72. The number of carbonyl (C=O) groups is 1. The zero-order chi connectivity index (χ0) is 16.8. The number of rotatable bonds is 6. The number of hydrogen-bond donors (Lipinski definition) is 1. The molecule has 1 amide bonds. The molecule has 0 aliphatic rings. The summed E-state index contributed by atoms with van der Waals surface area (Å²) in [5.74, 6) is -0.163. The Labute approximate surface area is 149 Å². The Morgan fingerprint density at radius 2 is 2.17 bits per heavy atom. The van der Waals surface area contributed by atoms with Gasteiger partial charge in [-0.1, -0.05) is 35.9 Å². The number of halogens is 1. The normalized spacial score (nSPS) is 12.4. The first kappa shape index (κ1) is 16.5. The van der Waals surface area contributed by atoms with Gasteiger partial charge in [-0.15, -0.1) is 11.3 Å². The van der Waals surface area contributed by atoms with Gasteiger partial charge >= 0.3 is 0 Å². The molecule has 2 heterocycles. The van der Waals surface area contributed by atoms with Crippen LogP contribution in [0.4, 0.5) is 0 Å². The lowest BCUT2D eigenvalue weighted by Crippen LogP contribution is -2.30. The maximum absolute atomic E-state index is 12.1. The zero-order valence-corrected chi connectivity index (χ0v) is 14.4. The summed E-state index contributed by atoms with van der Waals surface area (Å²) in [5.41, 5.74) is 0.816. The third kappa shape index (κ3) is 4.13. The lowest BCUT2D eigenvalue weighted by molar-refractivity contribution is -0.116. The number of nitrogens with one attached hydrogen (secondary N) is 1. The van der Waals surface area contributed by atoms with E-state index >= 15 is 0 Å². The van der Waals surface area contributed by atoms with E-state index in [0.717, 1.165) is 10.4 Å². The fourth-order valence-electron chi connectivity index (χ4n) is 2.30. The predicted molar refractivity (Wildman–Crippen MR) is 98.2 cm³/mol. The van der Waals surface area contributed by atoms with E-state index < -0.39 is 0 Å². The van der Waals surface area contributed by atoms with Crippen LogP contribution in [-0.2, 0) is 4.79 Å². The van der Waals surface area contributed by atoms with Crippen LogP contribution >= 0.6 is 22.9 Å². The Morgan fingerprint density at radius 1 is 1.29 bits per heavy atom. The maximum atomic E-state index is 12.1. The molecule has 1 aromatic carbocycles. The third-order valence-corrected chi connectivity index (χ3v) is 4.82. The summed E-state index contributed by atoms with van der Waals surface area (Å²) in [6.07, 6.45) is 6.84. The van der Waals surface area contributed by atoms with Crippen molar-refractivity contribution in [3.63, 3.8) is 0 Å². The summed E-state index contributed by atoms with van der Waals surface area (Å²) in [5, 5.41) is 9.86. The van der Waals surface area contributed by atoms with Gasteiger partial charge in [0.1, 0.15) is 6.04 Å². The van der Waals surface area contributed by atoms with Crippen molar-refractivity contribution in [2.45, 2.75) is 6.04 Å². The molecule has 0 aliphatic carbocycles. The van der Waals surface area contributed by atoms with Gasteiger partial charge in [0.15, 0.2) is 0 Å². The molecular weight excluding hydrogens is 342 g/mol. The predicted octanol–water partition coefficient (Wildman–Crippen LogP) is 4.02. The third-order valence-electron chi connectivity index (χ3n) is 3.50. The van der Waals surface area contributed by atoms with Gasteiger partial charge in [-0.2, -0.15) is 5.10 Å². The SMILES string of the molecule is O=C(/C=C/c1ccccc1Cl)NCC(c1cccs1)n1cccn1. The minimum atomic E-state index is -0.163. The van der Waals surface area contributed by atoms with Crippen LogP contribution in [0.2, 0.25) is 5.02 Å². The largest absolute Gasteiger partial charge is 0.350 e. The van der Waals surface area contributed by atoms with Crippen molar-refractivity contribution in [3.05, 3.63) is 81.8 Å². The van der Waals surface area contributed by atoms with E-state index in [9.17, 15) is 4.79 Å². The zero-order valence-electron chi connectivity index (χ0n) is 12.8. The van der Waals surface area contributed by atoms with Gasteiger partial charge < -0.3 is 5.32 Å². The number of carbonyl (C=O) groups excluding carboxylic acids is 1. The highest BCUT2D eigenvalue weighted by Crippen LogP contribution is 2.22. The summed E-state index contributed by atoms with van der Waals surface area (Å²) < 4.78 is 1.85. The first-order valence-electron chi connectivity index (χ1n) is 7.47. The molecule has 4 nitrogen and oxygen atoms in total. The van der Waals surface area contributed by atoms with Gasteiger partial charge in [0.2, 0.25) is 5.91 Å². The molecule has 1 unspecified atom stereocenters. The van der Waals surface area contributed by atoms with E-state index in [0.29, 0.717) is 11.6 Å². The lowest BCUT2D eigenvalue weighted by atomic mass is 10.2. The van der Waals surface area contributed by atoms with Crippen molar-refractivity contribution in [2.24, 2.45) is 0 Å². The second kappa shape index (κ2) is 7.95. The first-order valence-corrected chi connectivity index (χ1v) is 8.73. The second-order valence-electron chi connectivity index (χ2n) is 5.12. The van der Waals surface area contributed by atoms with E-state index in [4.69, 9.17) is 11.6 Å². The van der Waals surface area contributed by atoms with E-state index in [2.05, 4.69) is 10.4 Å². The van der Waals surface area contributed by atoms with Crippen LogP contribution < -0.4 is 5.32 Å². The van der Waals surface area contributed by atoms with Gasteiger partial charge in [-0.3, -0.25) is 9.48 Å². The molecule has 0 saturated heterocycles. The Bertz CT molecular complexity index is 778. The number of aromatic nitrogens is 2. The van der Waals surface area contributed by atoms with Crippen LogP contribution in [0.3, 0.4) is 0 Å². The van der Waals surface area contributed by atoms with Crippen LogP contribution in [0.15, 0.2) is 66.3 Å². The van der Waals surface area contributed by atoms with Crippen molar-refractivity contribution < 1.29 is 4.79 Å². The molecule has 0 aliphatic heterocycles. The Balaban J connectivity index is 1.65. The van der Waals surface area contributed by atoms with Crippen molar-refractivity contribution >= 4 is 34.9 Å². The van der Waals surface area contributed by atoms with Gasteiger partial charge in [-0.25, -0.2) is 0 Å². The molecule has 0 spiro atoms. The number of nitrogens with zero attached hydrogens (tertiary/aromatic N) is 2. The van der Waals surface area contributed by atoms with E-state index in [-0.39, 0.29) is 11.9 Å². The van der Waals surface area contributed by atoms with Crippen molar-refractivity contribution in [1.29, 1.82) is 0 Å². The van der Waals surface area contributed by atoms with Crippen LogP contribution in [-0.4, -0.2) is 22.2 Å². The minimum absolute atomic E-state index is 0.0161.